The lowest BCUT2D eigenvalue weighted by atomic mass is 10.2. The average Bonchev–Trinajstić information content (AvgIpc) is 3.24. The van der Waals surface area contributed by atoms with Gasteiger partial charge in [-0.3, -0.25) is 4.79 Å². The van der Waals surface area contributed by atoms with Crippen LogP contribution in [0.25, 0.3) is 0 Å². The molecule has 3 rings (SSSR count). The maximum absolute atomic E-state index is 12.7. The van der Waals surface area contributed by atoms with Gasteiger partial charge in [-0.05, 0) is 62.2 Å². The molecule has 7 nitrogen and oxygen atoms in total. The highest BCUT2D eigenvalue weighted by Gasteiger charge is 2.28. The number of rotatable bonds is 6. The van der Waals surface area contributed by atoms with Crippen molar-refractivity contribution in [1.29, 1.82) is 0 Å². The first-order valence-corrected chi connectivity index (χ1v) is 11.0. The monoisotopic (exact) mass is 436 g/mol. The first-order valence-electron chi connectivity index (χ1n) is 9.21. The minimum atomic E-state index is -3.66. The smallest absolute Gasteiger partial charge is 0.338 e. The first kappa shape index (κ1) is 21.3. The molecule has 0 bridgehead atoms. The van der Waals surface area contributed by atoms with Crippen LogP contribution in [0.2, 0.25) is 5.02 Å². The highest BCUT2D eigenvalue weighted by molar-refractivity contribution is 7.89. The zero-order valence-electron chi connectivity index (χ0n) is 15.9. The summed E-state index contributed by atoms with van der Waals surface area (Å²) in [5, 5.41) is 2.81. The Hall–Kier alpha value is -2.42. The van der Waals surface area contributed by atoms with Gasteiger partial charge in [-0.15, -0.1) is 0 Å². The standard InChI is InChI=1S/C20H21ClN2O5S/c1-2-28-20(25)14-5-7-15(8-6-14)22-19(24)17-13-16(9-10-18(17)21)29(26,27)23-11-3-4-12-23/h5-10,13H,2-4,11-12H2,1H3,(H,22,24). The number of carbonyl (C=O) groups is 2. The number of amides is 1. The Bertz CT molecular complexity index is 1020. The van der Waals surface area contributed by atoms with E-state index in [1.165, 1.54) is 34.6 Å². The fourth-order valence-electron chi connectivity index (χ4n) is 3.02. The van der Waals surface area contributed by atoms with Crippen molar-refractivity contribution in [1.82, 2.24) is 4.31 Å². The Morgan fingerprint density at radius 1 is 1.10 bits per heavy atom. The average molecular weight is 437 g/mol. The number of hydrogen-bond acceptors (Lipinski definition) is 5. The number of anilines is 1. The summed E-state index contributed by atoms with van der Waals surface area (Å²) < 4.78 is 31.8. The first-order chi connectivity index (χ1) is 13.8. The van der Waals surface area contributed by atoms with Gasteiger partial charge in [0.1, 0.15) is 0 Å². The van der Waals surface area contributed by atoms with E-state index in [2.05, 4.69) is 5.32 Å². The fourth-order valence-corrected chi connectivity index (χ4v) is 4.77. The summed E-state index contributed by atoms with van der Waals surface area (Å²) in [7, 11) is -3.66. The lowest BCUT2D eigenvalue weighted by Crippen LogP contribution is -2.28. The normalized spacial score (nSPS) is 14.6. The van der Waals surface area contributed by atoms with Gasteiger partial charge < -0.3 is 10.1 Å². The third kappa shape index (κ3) is 4.77. The lowest BCUT2D eigenvalue weighted by molar-refractivity contribution is 0.0526. The Morgan fingerprint density at radius 3 is 2.38 bits per heavy atom. The summed E-state index contributed by atoms with van der Waals surface area (Å²) in [5.41, 5.74) is 0.856. The van der Waals surface area contributed by atoms with Crippen LogP contribution in [0.4, 0.5) is 5.69 Å². The molecule has 29 heavy (non-hydrogen) atoms. The topological polar surface area (TPSA) is 92.8 Å². The number of esters is 1. The number of nitrogens with zero attached hydrogens (tertiary/aromatic N) is 1. The summed E-state index contributed by atoms with van der Waals surface area (Å²) in [6.07, 6.45) is 1.64. The quantitative estimate of drug-likeness (QED) is 0.699. The Morgan fingerprint density at radius 2 is 1.76 bits per heavy atom. The molecule has 0 spiro atoms. The second kappa shape index (κ2) is 8.94. The van der Waals surface area contributed by atoms with Crippen LogP contribution < -0.4 is 5.32 Å². The molecular weight excluding hydrogens is 416 g/mol. The van der Waals surface area contributed by atoms with Gasteiger partial charge >= 0.3 is 5.97 Å². The molecule has 2 aromatic rings. The van der Waals surface area contributed by atoms with Crippen LogP contribution in [0, 0.1) is 0 Å². The zero-order chi connectivity index (χ0) is 21.0. The van der Waals surface area contributed by atoms with Crippen molar-refractivity contribution in [2.45, 2.75) is 24.7 Å². The second-order valence-electron chi connectivity index (χ2n) is 6.50. The van der Waals surface area contributed by atoms with E-state index in [9.17, 15) is 18.0 Å². The van der Waals surface area contributed by atoms with Gasteiger partial charge in [0, 0.05) is 18.8 Å². The van der Waals surface area contributed by atoms with Crippen molar-refractivity contribution < 1.29 is 22.7 Å². The summed E-state index contributed by atoms with van der Waals surface area (Å²) in [6.45, 7) is 2.93. The lowest BCUT2D eigenvalue weighted by Gasteiger charge is -2.16. The van der Waals surface area contributed by atoms with Crippen molar-refractivity contribution >= 4 is 39.2 Å². The van der Waals surface area contributed by atoms with Crippen molar-refractivity contribution in [2.24, 2.45) is 0 Å². The zero-order valence-corrected chi connectivity index (χ0v) is 17.4. The number of ether oxygens (including phenoxy) is 1. The molecule has 0 unspecified atom stereocenters. The largest absolute Gasteiger partial charge is 0.462 e. The van der Waals surface area contributed by atoms with Gasteiger partial charge in [-0.2, -0.15) is 4.31 Å². The second-order valence-corrected chi connectivity index (χ2v) is 8.85. The van der Waals surface area contributed by atoms with E-state index >= 15 is 0 Å². The van der Waals surface area contributed by atoms with Crippen molar-refractivity contribution in [3.63, 3.8) is 0 Å². The number of halogens is 1. The highest BCUT2D eigenvalue weighted by atomic mass is 35.5. The van der Waals surface area contributed by atoms with Crippen LogP contribution in [0.5, 0.6) is 0 Å². The van der Waals surface area contributed by atoms with E-state index in [1.54, 1.807) is 19.1 Å². The number of sulfonamides is 1. The molecule has 1 saturated heterocycles. The van der Waals surface area contributed by atoms with E-state index in [0.717, 1.165) is 12.8 Å². The van der Waals surface area contributed by atoms with Crippen LogP contribution in [-0.4, -0.2) is 44.3 Å². The van der Waals surface area contributed by atoms with E-state index in [0.29, 0.717) is 24.3 Å². The maximum Gasteiger partial charge on any atom is 0.338 e. The maximum atomic E-state index is 12.7. The Kier molecular flexibility index (Phi) is 6.56. The molecule has 0 aromatic heterocycles. The molecular formula is C20H21ClN2O5S. The van der Waals surface area contributed by atoms with Crippen LogP contribution >= 0.6 is 11.6 Å². The Balaban J connectivity index is 1.79. The summed E-state index contributed by atoms with van der Waals surface area (Å²) in [6, 6.07) is 10.3. The molecule has 0 atom stereocenters. The van der Waals surface area contributed by atoms with Crippen molar-refractivity contribution in [3.05, 3.63) is 58.6 Å². The van der Waals surface area contributed by atoms with Crippen molar-refractivity contribution in [2.75, 3.05) is 25.0 Å². The molecule has 1 fully saturated rings. The predicted molar refractivity (Wildman–Crippen MR) is 110 cm³/mol. The molecule has 1 heterocycles. The van der Waals surface area contributed by atoms with Gasteiger partial charge in [0.2, 0.25) is 10.0 Å². The van der Waals surface area contributed by atoms with Crippen LogP contribution in [0.3, 0.4) is 0 Å². The molecule has 1 amide bonds. The van der Waals surface area contributed by atoms with Gasteiger partial charge in [-0.25, -0.2) is 13.2 Å². The molecule has 2 aromatic carbocycles. The number of hydrogen-bond donors (Lipinski definition) is 1. The summed E-state index contributed by atoms with van der Waals surface area (Å²) >= 11 is 6.14. The predicted octanol–water partition coefficient (Wildman–Crippen LogP) is 3.55. The van der Waals surface area contributed by atoms with Crippen LogP contribution in [-0.2, 0) is 14.8 Å². The fraction of sp³-hybridized carbons (Fsp3) is 0.300. The number of nitrogens with one attached hydrogen (secondary N) is 1. The van der Waals surface area contributed by atoms with Gasteiger partial charge in [-0.1, -0.05) is 11.6 Å². The summed E-state index contributed by atoms with van der Waals surface area (Å²) in [4.78, 5) is 24.4. The Labute approximate surface area is 174 Å². The molecule has 9 heteroatoms. The molecule has 0 radical (unpaired) electrons. The van der Waals surface area contributed by atoms with Crippen molar-refractivity contribution in [3.8, 4) is 0 Å². The third-order valence-electron chi connectivity index (χ3n) is 4.54. The van der Waals surface area contributed by atoms with Gasteiger partial charge in [0.15, 0.2) is 0 Å². The molecule has 0 aliphatic carbocycles. The van der Waals surface area contributed by atoms with E-state index in [4.69, 9.17) is 16.3 Å². The number of carbonyl (C=O) groups excluding carboxylic acids is 2. The van der Waals surface area contributed by atoms with Crippen LogP contribution in [0.15, 0.2) is 47.4 Å². The number of benzene rings is 2. The highest BCUT2D eigenvalue weighted by Crippen LogP contribution is 2.26. The molecule has 1 N–H and O–H groups in total. The molecule has 1 aliphatic rings. The SMILES string of the molecule is CCOC(=O)c1ccc(NC(=O)c2cc(S(=O)(=O)N3CCCC3)ccc2Cl)cc1. The van der Waals surface area contributed by atoms with Gasteiger partial charge in [0.05, 0.1) is 27.7 Å². The minimum Gasteiger partial charge on any atom is -0.462 e. The molecule has 1 aliphatic heterocycles. The van der Waals surface area contributed by atoms with Crippen LogP contribution in [0.1, 0.15) is 40.5 Å². The minimum absolute atomic E-state index is 0.0339. The van der Waals surface area contributed by atoms with Gasteiger partial charge in [0.25, 0.3) is 5.91 Å². The summed E-state index contributed by atoms with van der Waals surface area (Å²) in [5.74, 6) is -0.995. The van der Waals surface area contributed by atoms with E-state index in [1.807, 2.05) is 0 Å². The van der Waals surface area contributed by atoms with E-state index < -0.39 is 21.9 Å². The molecule has 0 saturated carbocycles. The molecule has 154 valence electrons. The van der Waals surface area contributed by atoms with E-state index in [-0.39, 0.29) is 22.1 Å². The third-order valence-corrected chi connectivity index (χ3v) is 6.76.